The summed E-state index contributed by atoms with van der Waals surface area (Å²) in [5.74, 6) is -0.233. The van der Waals surface area contributed by atoms with Crippen molar-refractivity contribution < 1.29 is 9.59 Å². The molecule has 0 bridgehead atoms. The Morgan fingerprint density at radius 3 is 1.94 bits per heavy atom. The fourth-order valence-electron chi connectivity index (χ4n) is 4.82. The van der Waals surface area contributed by atoms with Gasteiger partial charge in [-0.1, -0.05) is 96.1 Å². The van der Waals surface area contributed by atoms with Crippen LogP contribution in [0, 0.1) is 13.8 Å². The van der Waals surface area contributed by atoms with Crippen LogP contribution >= 0.6 is 0 Å². The third kappa shape index (κ3) is 3.93. The Morgan fingerprint density at radius 1 is 0.824 bits per heavy atom. The maximum Gasteiger partial charge on any atom is 0.326 e. The van der Waals surface area contributed by atoms with Gasteiger partial charge in [-0.3, -0.25) is 9.69 Å². The van der Waals surface area contributed by atoms with E-state index in [0.717, 1.165) is 35.2 Å². The molecule has 0 unspecified atom stereocenters. The summed E-state index contributed by atoms with van der Waals surface area (Å²) in [4.78, 5) is 30.7. The van der Waals surface area contributed by atoms with E-state index >= 15 is 0 Å². The highest BCUT2D eigenvalue weighted by molar-refractivity contribution is 6.09. The third-order valence-electron chi connectivity index (χ3n) is 6.85. The molecule has 2 aliphatic rings. The molecule has 0 aromatic heterocycles. The summed E-state index contributed by atoms with van der Waals surface area (Å²) in [5.41, 5.74) is 5.06. The van der Waals surface area contributed by atoms with Crippen LogP contribution in [0.2, 0.25) is 0 Å². The number of benzene rings is 3. The molecule has 1 saturated heterocycles. The van der Waals surface area contributed by atoms with Gasteiger partial charge in [-0.2, -0.15) is 0 Å². The van der Waals surface area contributed by atoms with Crippen LogP contribution in [0.25, 0.3) is 5.57 Å². The number of rotatable bonds is 5. The second-order valence-electron chi connectivity index (χ2n) is 9.21. The Labute approximate surface area is 200 Å². The van der Waals surface area contributed by atoms with Crippen LogP contribution in [-0.4, -0.2) is 41.5 Å². The maximum atomic E-state index is 14.0. The molecule has 2 heterocycles. The summed E-state index contributed by atoms with van der Waals surface area (Å²) < 4.78 is 0. The molecule has 1 N–H and O–H groups in total. The fraction of sp³-hybridized carbons (Fsp3) is 0.241. The lowest BCUT2D eigenvalue weighted by Gasteiger charge is -2.31. The van der Waals surface area contributed by atoms with Gasteiger partial charge < -0.3 is 5.32 Å². The lowest BCUT2D eigenvalue weighted by Crippen LogP contribution is -2.47. The molecule has 0 saturated carbocycles. The first kappa shape index (κ1) is 22.1. The predicted molar refractivity (Wildman–Crippen MR) is 134 cm³/mol. The number of amides is 3. The quantitative estimate of drug-likeness (QED) is 0.565. The SMILES string of the molecule is Cc1ccc(C2(c3ccc(C)cc3)NC(=O)N(CN3CC=C(c4ccccc4)CC3)C2=O)cc1. The molecule has 3 aromatic carbocycles. The van der Waals surface area contributed by atoms with E-state index in [2.05, 4.69) is 28.4 Å². The lowest BCUT2D eigenvalue weighted by molar-refractivity contribution is -0.131. The Balaban J connectivity index is 1.42. The van der Waals surface area contributed by atoms with Crippen molar-refractivity contribution in [2.45, 2.75) is 25.8 Å². The van der Waals surface area contributed by atoms with Crippen molar-refractivity contribution in [3.05, 3.63) is 113 Å². The Bertz CT molecular complexity index is 1190. The van der Waals surface area contributed by atoms with Crippen molar-refractivity contribution in [3.8, 4) is 0 Å². The zero-order valence-electron chi connectivity index (χ0n) is 19.6. The van der Waals surface area contributed by atoms with Gasteiger partial charge in [0.05, 0.1) is 6.67 Å². The molecule has 0 spiro atoms. The van der Waals surface area contributed by atoms with E-state index in [9.17, 15) is 9.59 Å². The number of carbonyl (C=O) groups excluding carboxylic acids is 2. The van der Waals surface area contributed by atoms with Crippen molar-refractivity contribution >= 4 is 17.5 Å². The molecule has 34 heavy (non-hydrogen) atoms. The average molecular weight is 452 g/mol. The molecule has 5 rings (SSSR count). The molecule has 0 atom stereocenters. The van der Waals surface area contributed by atoms with Gasteiger partial charge in [0.25, 0.3) is 5.91 Å². The van der Waals surface area contributed by atoms with Crippen molar-refractivity contribution in [2.24, 2.45) is 0 Å². The summed E-state index contributed by atoms with van der Waals surface area (Å²) in [6, 6.07) is 25.7. The summed E-state index contributed by atoms with van der Waals surface area (Å²) >= 11 is 0. The first-order valence-electron chi connectivity index (χ1n) is 11.7. The van der Waals surface area contributed by atoms with Gasteiger partial charge in [0.2, 0.25) is 0 Å². The molecule has 3 aromatic rings. The topological polar surface area (TPSA) is 52.7 Å². The summed E-state index contributed by atoms with van der Waals surface area (Å²) in [7, 11) is 0. The molecular weight excluding hydrogens is 422 g/mol. The lowest BCUT2D eigenvalue weighted by atomic mass is 9.82. The van der Waals surface area contributed by atoms with Crippen molar-refractivity contribution in [1.29, 1.82) is 0 Å². The fourth-order valence-corrected chi connectivity index (χ4v) is 4.82. The minimum Gasteiger partial charge on any atom is -0.315 e. The smallest absolute Gasteiger partial charge is 0.315 e. The highest BCUT2D eigenvalue weighted by Crippen LogP contribution is 2.36. The third-order valence-corrected chi connectivity index (χ3v) is 6.85. The van der Waals surface area contributed by atoms with Crippen LogP contribution in [0.5, 0.6) is 0 Å². The average Bonchev–Trinajstić information content (AvgIpc) is 3.11. The first-order chi connectivity index (χ1) is 16.5. The molecule has 5 nitrogen and oxygen atoms in total. The van der Waals surface area contributed by atoms with Crippen molar-refractivity contribution in [1.82, 2.24) is 15.1 Å². The molecule has 0 aliphatic carbocycles. The van der Waals surface area contributed by atoms with Crippen LogP contribution < -0.4 is 5.32 Å². The number of imide groups is 1. The van der Waals surface area contributed by atoms with Crippen LogP contribution in [0.3, 0.4) is 0 Å². The van der Waals surface area contributed by atoms with Gasteiger partial charge in [0.15, 0.2) is 5.54 Å². The molecule has 172 valence electrons. The van der Waals surface area contributed by atoms with Crippen LogP contribution in [0.4, 0.5) is 4.79 Å². The number of nitrogens with zero attached hydrogens (tertiary/aromatic N) is 2. The van der Waals surface area contributed by atoms with Gasteiger partial charge >= 0.3 is 6.03 Å². The van der Waals surface area contributed by atoms with E-state index in [-0.39, 0.29) is 18.6 Å². The summed E-state index contributed by atoms with van der Waals surface area (Å²) in [5, 5.41) is 3.06. The normalized spacial score (nSPS) is 18.1. The maximum absolute atomic E-state index is 14.0. The van der Waals surface area contributed by atoms with E-state index < -0.39 is 5.54 Å². The molecule has 2 aliphatic heterocycles. The van der Waals surface area contributed by atoms with Crippen LogP contribution in [0.15, 0.2) is 84.9 Å². The molecule has 3 amide bonds. The summed E-state index contributed by atoms with van der Waals surface area (Å²) in [6.45, 7) is 5.78. The van der Waals surface area contributed by atoms with E-state index in [1.807, 2.05) is 80.6 Å². The Kier molecular flexibility index (Phi) is 5.80. The number of hydrogen-bond donors (Lipinski definition) is 1. The number of hydrogen-bond acceptors (Lipinski definition) is 3. The van der Waals surface area contributed by atoms with Gasteiger partial charge in [0, 0.05) is 13.1 Å². The van der Waals surface area contributed by atoms with E-state index in [1.165, 1.54) is 16.0 Å². The second-order valence-corrected chi connectivity index (χ2v) is 9.21. The number of nitrogens with one attached hydrogen (secondary N) is 1. The van der Waals surface area contributed by atoms with Gasteiger partial charge in [-0.15, -0.1) is 0 Å². The van der Waals surface area contributed by atoms with Crippen molar-refractivity contribution in [2.75, 3.05) is 19.8 Å². The highest BCUT2D eigenvalue weighted by atomic mass is 16.2. The van der Waals surface area contributed by atoms with E-state index in [4.69, 9.17) is 0 Å². The Morgan fingerprint density at radius 2 is 1.41 bits per heavy atom. The molecule has 5 heteroatoms. The zero-order valence-corrected chi connectivity index (χ0v) is 19.6. The van der Waals surface area contributed by atoms with Gasteiger partial charge in [0.1, 0.15) is 0 Å². The molecule has 0 radical (unpaired) electrons. The minimum atomic E-state index is -1.22. The Hall–Kier alpha value is -3.70. The minimum absolute atomic E-state index is 0.233. The highest BCUT2D eigenvalue weighted by Gasteiger charge is 2.54. The van der Waals surface area contributed by atoms with Crippen LogP contribution in [0.1, 0.15) is 34.2 Å². The van der Waals surface area contributed by atoms with Crippen LogP contribution in [-0.2, 0) is 10.3 Å². The number of aryl methyl sites for hydroxylation is 2. The first-order valence-corrected chi connectivity index (χ1v) is 11.7. The second kappa shape index (κ2) is 8.92. The van der Waals surface area contributed by atoms with E-state index in [0.29, 0.717) is 6.54 Å². The largest absolute Gasteiger partial charge is 0.326 e. The summed E-state index contributed by atoms with van der Waals surface area (Å²) in [6.07, 6.45) is 3.08. The predicted octanol–water partition coefficient (Wildman–Crippen LogP) is 4.85. The molecular formula is C29H29N3O2. The standard InChI is InChI=1S/C29H29N3O2/c1-21-8-12-25(13-9-21)29(26-14-10-22(2)11-15-26)27(33)32(28(34)30-29)20-31-18-16-24(17-19-31)23-6-4-3-5-7-23/h3-16H,17-20H2,1-2H3,(H,30,34). The number of urea groups is 1. The van der Waals surface area contributed by atoms with Gasteiger partial charge in [-0.25, -0.2) is 9.69 Å². The number of carbonyl (C=O) groups is 2. The zero-order chi connectivity index (χ0) is 23.7. The van der Waals surface area contributed by atoms with Gasteiger partial charge in [-0.05, 0) is 42.5 Å². The van der Waals surface area contributed by atoms with Crippen molar-refractivity contribution in [3.63, 3.8) is 0 Å². The van der Waals surface area contributed by atoms with E-state index in [1.54, 1.807) is 0 Å². The monoisotopic (exact) mass is 451 g/mol. The molecule has 1 fully saturated rings.